The van der Waals surface area contributed by atoms with Crippen molar-refractivity contribution in [2.75, 3.05) is 32.5 Å². The van der Waals surface area contributed by atoms with Crippen LogP contribution in [0.5, 0.6) is 0 Å². The van der Waals surface area contributed by atoms with E-state index in [1.54, 1.807) is 19.2 Å². The van der Waals surface area contributed by atoms with Crippen molar-refractivity contribution >= 4 is 31.6 Å². The van der Waals surface area contributed by atoms with E-state index in [0.29, 0.717) is 26.1 Å². The molecule has 0 bridgehead atoms. The van der Waals surface area contributed by atoms with Crippen LogP contribution in [0.2, 0.25) is 0 Å². The van der Waals surface area contributed by atoms with Crippen molar-refractivity contribution < 1.29 is 13.2 Å². The first kappa shape index (κ1) is 15.5. The summed E-state index contributed by atoms with van der Waals surface area (Å²) in [5, 5.41) is 0. The smallest absolute Gasteiger partial charge is 0.245 e. The second-order valence-corrected chi connectivity index (χ2v) is 7.41. The summed E-state index contributed by atoms with van der Waals surface area (Å²) in [4.78, 5) is 0.157. The summed E-state index contributed by atoms with van der Waals surface area (Å²) in [6.45, 7) is 1.36. The lowest BCUT2D eigenvalue weighted by Crippen LogP contribution is -2.35. The summed E-state index contributed by atoms with van der Waals surface area (Å²) < 4.78 is 32.4. The van der Waals surface area contributed by atoms with Crippen molar-refractivity contribution in [2.24, 2.45) is 0 Å². The number of ether oxygens (including phenoxy) is 1. The molecule has 7 heteroatoms. The first-order valence-electron chi connectivity index (χ1n) is 6.17. The number of rotatable bonds is 4. The SMILES string of the molecule is COCC1=CCN(S(=O)(=O)c2ccc(Br)cc2N)CC1. The number of benzene rings is 1. The molecule has 1 aliphatic rings. The first-order valence-corrected chi connectivity index (χ1v) is 8.40. The molecule has 20 heavy (non-hydrogen) atoms. The molecule has 1 aliphatic heterocycles. The Morgan fingerprint density at radius 2 is 2.20 bits per heavy atom. The highest BCUT2D eigenvalue weighted by molar-refractivity contribution is 9.10. The predicted octanol–water partition coefficient (Wildman–Crippen LogP) is 2.00. The summed E-state index contributed by atoms with van der Waals surface area (Å²) in [6.07, 6.45) is 2.59. The molecule has 0 unspecified atom stereocenters. The predicted molar refractivity (Wildman–Crippen MR) is 81.9 cm³/mol. The summed E-state index contributed by atoms with van der Waals surface area (Å²) in [6, 6.07) is 4.81. The van der Waals surface area contributed by atoms with Crippen molar-refractivity contribution in [3.63, 3.8) is 0 Å². The van der Waals surface area contributed by atoms with Crippen molar-refractivity contribution in [3.05, 3.63) is 34.3 Å². The Morgan fingerprint density at radius 3 is 2.75 bits per heavy atom. The van der Waals surface area contributed by atoms with E-state index in [1.807, 2.05) is 6.08 Å². The average molecular weight is 361 g/mol. The molecule has 110 valence electrons. The standard InChI is InChI=1S/C13H17BrN2O3S/c1-19-9-10-4-6-16(7-5-10)20(17,18)13-3-2-11(14)8-12(13)15/h2-4,8H,5-7,9,15H2,1H3. The second-order valence-electron chi connectivity index (χ2n) is 4.59. The van der Waals surface area contributed by atoms with Crippen LogP contribution < -0.4 is 5.73 Å². The maximum atomic E-state index is 12.6. The number of hydrogen-bond acceptors (Lipinski definition) is 4. The van der Waals surface area contributed by atoms with Gasteiger partial charge in [-0.25, -0.2) is 8.42 Å². The van der Waals surface area contributed by atoms with Crippen LogP contribution in [0, 0.1) is 0 Å². The molecule has 0 spiro atoms. The number of nitrogens with zero attached hydrogens (tertiary/aromatic N) is 1. The Morgan fingerprint density at radius 1 is 1.45 bits per heavy atom. The van der Waals surface area contributed by atoms with E-state index in [2.05, 4.69) is 15.9 Å². The van der Waals surface area contributed by atoms with Crippen LogP contribution >= 0.6 is 15.9 Å². The molecule has 0 aliphatic carbocycles. The summed E-state index contributed by atoms with van der Waals surface area (Å²) >= 11 is 3.27. The third kappa shape index (κ3) is 3.22. The van der Waals surface area contributed by atoms with Crippen LogP contribution in [-0.4, -0.2) is 39.5 Å². The van der Waals surface area contributed by atoms with Gasteiger partial charge in [0, 0.05) is 24.7 Å². The van der Waals surface area contributed by atoms with Gasteiger partial charge >= 0.3 is 0 Å². The Labute approximate surface area is 127 Å². The van der Waals surface area contributed by atoms with E-state index in [1.165, 1.54) is 10.4 Å². The molecular weight excluding hydrogens is 344 g/mol. The van der Waals surface area contributed by atoms with Crippen LogP contribution in [0.1, 0.15) is 6.42 Å². The van der Waals surface area contributed by atoms with Gasteiger partial charge in [-0.3, -0.25) is 0 Å². The normalized spacial score (nSPS) is 17.0. The number of hydrogen-bond donors (Lipinski definition) is 1. The van der Waals surface area contributed by atoms with Gasteiger partial charge in [0.2, 0.25) is 10.0 Å². The highest BCUT2D eigenvalue weighted by Gasteiger charge is 2.27. The van der Waals surface area contributed by atoms with Crippen LogP contribution in [0.15, 0.2) is 39.2 Å². The van der Waals surface area contributed by atoms with Crippen molar-refractivity contribution in [2.45, 2.75) is 11.3 Å². The number of halogens is 1. The third-order valence-electron chi connectivity index (χ3n) is 3.19. The van der Waals surface area contributed by atoms with Crippen LogP contribution in [0.25, 0.3) is 0 Å². The third-order valence-corrected chi connectivity index (χ3v) is 5.62. The molecular formula is C13H17BrN2O3S. The molecule has 0 saturated heterocycles. The minimum Gasteiger partial charge on any atom is -0.398 e. The quantitative estimate of drug-likeness (QED) is 0.658. The summed E-state index contributed by atoms with van der Waals surface area (Å²) in [5.41, 5.74) is 7.20. The minimum atomic E-state index is -3.55. The van der Waals surface area contributed by atoms with Gasteiger partial charge in [0.25, 0.3) is 0 Å². The highest BCUT2D eigenvalue weighted by atomic mass is 79.9. The van der Waals surface area contributed by atoms with Crippen molar-refractivity contribution in [3.8, 4) is 0 Å². The average Bonchev–Trinajstić information content (AvgIpc) is 2.39. The molecule has 0 amide bonds. The second kappa shape index (κ2) is 6.26. The molecule has 0 saturated carbocycles. The van der Waals surface area contributed by atoms with Gasteiger partial charge in [-0.1, -0.05) is 22.0 Å². The van der Waals surface area contributed by atoms with E-state index in [-0.39, 0.29) is 10.6 Å². The Hall–Kier alpha value is -0.890. The van der Waals surface area contributed by atoms with Crippen LogP contribution in [0.4, 0.5) is 5.69 Å². The number of methoxy groups -OCH3 is 1. The first-order chi connectivity index (χ1) is 9.45. The zero-order valence-corrected chi connectivity index (χ0v) is 13.6. The Bertz CT molecular complexity index is 629. The molecule has 1 heterocycles. The lowest BCUT2D eigenvalue weighted by Gasteiger charge is -2.26. The van der Waals surface area contributed by atoms with E-state index < -0.39 is 10.0 Å². The van der Waals surface area contributed by atoms with Gasteiger partial charge in [-0.05, 0) is 30.2 Å². The van der Waals surface area contributed by atoms with Gasteiger partial charge in [0.15, 0.2) is 0 Å². The lowest BCUT2D eigenvalue weighted by atomic mass is 10.1. The largest absolute Gasteiger partial charge is 0.398 e. The van der Waals surface area contributed by atoms with Gasteiger partial charge in [-0.2, -0.15) is 4.31 Å². The number of sulfonamides is 1. The number of nitrogen functional groups attached to an aromatic ring is 1. The molecule has 2 rings (SSSR count). The molecule has 1 aromatic rings. The monoisotopic (exact) mass is 360 g/mol. The van der Waals surface area contributed by atoms with E-state index >= 15 is 0 Å². The topological polar surface area (TPSA) is 72.6 Å². The van der Waals surface area contributed by atoms with Crippen molar-refractivity contribution in [1.82, 2.24) is 4.31 Å². The van der Waals surface area contributed by atoms with Crippen molar-refractivity contribution in [1.29, 1.82) is 0 Å². The molecule has 0 radical (unpaired) electrons. The summed E-state index contributed by atoms with van der Waals surface area (Å²) in [7, 11) is -1.91. The lowest BCUT2D eigenvalue weighted by molar-refractivity contribution is 0.219. The zero-order valence-electron chi connectivity index (χ0n) is 11.2. The van der Waals surface area contributed by atoms with E-state index in [4.69, 9.17) is 10.5 Å². The molecule has 0 aromatic heterocycles. The fourth-order valence-corrected chi connectivity index (χ4v) is 3.98. The maximum Gasteiger partial charge on any atom is 0.245 e. The fraction of sp³-hybridized carbons (Fsp3) is 0.385. The molecule has 1 aromatic carbocycles. The molecule has 2 N–H and O–H groups in total. The van der Waals surface area contributed by atoms with Crippen LogP contribution in [-0.2, 0) is 14.8 Å². The Kier molecular flexibility index (Phi) is 4.85. The molecule has 0 fully saturated rings. The number of nitrogens with two attached hydrogens (primary N) is 1. The van der Waals surface area contributed by atoms with Gasteiger partial charge in [0.05, 0.1) is 12.3 Å². The number of anilines is 1. The fourth-order valence-electron chi connectivity index (χ4n) is 2.12. The molecule has 0 atom stereocenters. The maximum absolute atomic E-state index is 12.6. The minimum absolute atomic E-state index is 0.157. The Balaban J connectivity index is 2.24. The highest BCUT2D eigenvalue weighted by Crippen LogP contribution is 2.27. The van der Waals surface area contributed by atoms with Gasteiger partial charge < -0.3 is 10.5 Å². The zero-order chi connectivity index (χ0) is 14.8. The van der Waals surface area contributed by atoms with E-state index in [0.717, 1.165) is 10.0 Å². The van der Waals surface area contributed by atoms with Gasteiger partial charge in [0.1, 0.15) is 4.90 Å². The van der Waals surface area contributed by atoms with Gasteiger partial charge in [-0.15, -0.1) is 0 Å². The van der Waals surface area contributed by atoms with Crippen LogP contribution in [0.3, 0.4) is 0 Å². The summed E-state index contributed by atoms with van der Waals surface area (Å²) in [5.74, 6) is 0. The molecule has 5 nitrogen and oxygen atoms in total. The van der Waals surface area contributed by atoms with E-state index in [9.17, 15) is 8.42 Å².